The van der Waals surface area contributed by atoms with Crippen LogP contribution in [0.2, 0.25) is 0 Å². The molecule has 0 saturated carbocycles. The number of likely N-dealkylation sites (N-methyl/N-ethyl adjacent to an activating group) is 1. The maximum Gasteiger partial charge on any atom is 0.129 e. The number of hydrogen-bond acceptors (Lipinski definition) is 4. The lowest BCUT2D eigenvalue weighted by Crippen LogP contribution is -2.32. The van der Waals surface area contributed by atoms with Gasteiger partial charge in [-0.05, 0) is 31.0 Å². The van der Waals surface area contributed by atoms with E-state index in [9.17, 15) is 0 Å². The van der Waals surface area contributed by atoms with Crippen LogP contribution in [-0.4, -0.2) is 34.9 Å². The third kappa shape index (κ3) is 2.93. The van der Waals surface area contributed by atoms with Crippen molar-refractivity contribution in [2.75, 3.05) is 18.6 Å². The van der Waals surface area contributed by atoms with Crippen LogP contribution in [0, 0.1) is 0 Å². The molecule has 4 nitrogen and oxygen atoms in total. The summed E-state index contributed by atoms with van der Waals surface area (Å²) < 4.78 is 0. The maximum absolute atomic E-state index is 9.16. The van der Waals surface area contributed by atoms with Crippen LogP contribution in [0.25, 0.3) is 0 Å². The standard InChI is InChI=1S/C12H20N2O2/c1-4-11-5-10(8-16)6-12(13-11)14(3)9(2)7-15/h5-6,9,15-16H,4,7-8H2,1-3H3. The van der Waals surface area contributed by atoms with Gasteiger partial charge in [0.05, 0.1) is 19.3 Å². The van der Waals surface area contributed by atoms with Crippen LogP contribution in [-0.2, 0) is 13.0 Å². The van der Waals surface area contributed by atoms with Crippen LogP contribution in [0.5, 0.6) is 0 Å². The first kappa shape index (κ1) is 12.9. The molecule has 1 atom stereocenters. The molecule has 0 radical (unpaired) electrons. The predicted molar refractivity (Wildman–Crippen MR) is 64.5 cm³/mol. The topological polar surface area (TPSA) is 56.6 Å². The van der Waals surface area contributed by atoms with Gasteiger partial charge in [0.15, 0.2) is 0 Å². The molecule has 1 aromatic heterocycles. The van der Waals surface area contributed by atoms with E-state index >= 15 is 0 Å². The lowest BCUT2D eigenvalue weighted by Gasteiger charge is -2.25. The number of anilines is 1. The first-order valence-electron chi connectivity index (χ1n) is 5.56. The summed E-state index contributed by atoms with van der Waals surface area (Å²) >= 11 is 0. The van der Waals surface area contributed by atoms with E-state index in [0.717, 1.165) is 23.5 Å². The van der Waals surface area contributed by atoms with Gasteiger partial charge in [-0.2, -0.15) is 0 Å². The van der Waals surface area contributed by atoms with E-state index in [1.54, 1.807) is 0 Å². The van der Waals surface area contributed by atoms with Crippen LogP contribution in [0.15, 0.2) is 12.1 Å². The third-order valence-electron chi connectivity index (χ3n) is 2.76. The van der Waals surface area contributed by atoms with Gasteiger partial charge in [-0.25, -0.2) is 4.98 Å². The Bertz CT molecular complexity index is 320. The van der Waals surface area contributed by atoms with Gasteiger partial charge < -0.3 is 15.1 Å². The SMILES string of the molecule is CCc1cc(CO)cc(N(C)C(C)CO)n1. The fourth-order valence-corrected chi connectivity index (χ4v) is 1.43. The minimum atomic E-state index is 0.0177. The summed E-state index contributed by atoms with van der Waals surface area (Å²) in [7, 11) is 1.89. The van der Waals surface area contributed by atoms with E-state index in [-0.39, 0.29) is 19.3 Å². The number of aromatic nitrogens is 1. The molecule has 0 bridgehead atoms. The van der Waals surface area contributed by atoms with E-state index in [1.807, 2.05) is 37.9 Å². The Kier molecular flexibility index (Phi) is 4.71. The molecule has 90 valence electrons. The van der Waals surface area contributed by atoms with Gasteiger partial charge in [0, 0.05) is 12.7 Å². The second kappa shape index (κ2) is 5.82. The van der Waals surface area contributed by atoms with Gasteiger partial charge in [-0.15, -0.1) is 0 Å². The summed E-state index contributed by atoms with van der Waals surface area (Å²) in [4.78, 5) is 6.39. The molecule has 1 heterocycles. The van der Waals surface area contributed by atoms with Crippen molar-refractivity contribution in [3.8, 4) is 0 Å². The quantitative estimate of drug-likeness (QED) is 0.782. The molecule has 0 spiro atoms. The third-order valence-corrected chi connectivity index (χ3v) is 2.76. The van der Waals surface area contributed by atoms with Crippen molar-refractivity contribution >= 4 is 5.82 Å². The zero-order valence-corrected chi connectivity index (χ0v) is 10.1. The summed E-state index contributed by atoms with van der Waals surface area (Å²) in [5.41, 5.74) is 1.82. The zero-order chi connectivity index (χ0) is 12.1. The summed E-state index contributed by atoms with van der Waals surface area (Å²) in [6, 6.07) is 3.78. The first-order valence-corrected chi connectivity index (χ1v) is 5.56. The summed E-state index contributed by atoms with van der Waals surface area (Å²) in [6.07, 6.45) is 0.836. The Morgan fingerprint density at radius 1 is 1.38 bits per heavy atom. The van der Waals surface area contributed by atoms with Crippen molar-refractivity contribution in [2.24, 2.45) is 0 Å². The summed E-state index contributed by atoms with van der Waals surface area (Å²) in [6.45, 7) is 4.06. The van der Waals surface area contributed by atoms with Crippen molar-refractivity contribution < 1.29 is 10.2 Å². The van der Waals surface area contributed by atoms with E-state index in [2.05, 4.69) is 4.98 Å². The molecule has 0 fully saturated rings. The van der Waals surface area contributed by atoms with Crippen LogP contribution in [0.1, 0.15) is 25.1 Å². The fraction of sp³-hybridized carbons (Fsp3) is 0.583. The van der Waals surface area contributed by atoms with Gasteiger partial charge >= 0.3 is 0 Å². The Morgan fingerprint density at radius 3 is 2.56 bits per heavy atom. The fourth-order valence-electron chi connectivity index (χ4n) is 1.43. The number of aliphatic hydroxyl groups is 2. The lowest BCUT2D eigenvalue weighted by molar-refractivity contribution is 0.269. The minimum Gasteiger partial charge on any atom is -0.394 e. The van der Waals surface area contributed by atoms with Gasteiger partial charge in [-0.3, -0.25) is 0 Å². The normalized spacial score (nSPS) is 12.6. The van der Waals surface area contributed by atoms with Crippen LogP contribution in [0.4, 0.5) is 5.82 Å². The van der Waals surface area contributed by atoms with E-state index < -0.39 is 0 Å². The van der Waals surface area contributed by atoms with Crippen LogP contribution in [0.3, 0.4) is 0 Å². The minimum absolute atomic E-state index is 0.0177. The summed E-state index contributed by atoms with van der Waals surface area (Å²) in [5, 5.41) is 18.3. The van der Waals surface area contributed by atoms with Crippen LogP contribution < -0.4 is 4.90 Å². The Balaban J connectivity index is 3.02. The molecule has 4 heteroatoms. The number of hydrogen-bond donors (Lipinski definition) is 2. The average Bonchev–Trinajstić information content (AvgIpc) is 2.35. The van der Waals surface area contributed by atoms with Gasteiger partial charge in [-0.1, -0.05) is 6.92 Å². The molecule has 0 aromatic carbocycles. The highest BCUT2D eigenvalue weighted by atomic mass is 16.3. The number of aliphatic hydroxyl groups excluding tert-OH is 2. The van der Waals surface area contributed by atoms with E-state index in [0.29, 0.717) is 0 Å². The molecule has 0 saturated heterocycles. The number of nitrogens with zero attached hydrogens (tertiary/aromatic N) is 2. The van der Waals surface area contributed by atoms with Gasteiger partial charge in [0.25, 0.3) is 0 Å². The molecule has 1 aromatic rings. The maximum atomic E-state index is 9.16. The molecule has 1 rings (SSSR count). The Hall–Kier alpha value is -1.13. The van der Waals surface area contributed by atoms with Crippen molar-refractivity contribution in [2.45, 2.75) is 32.9 Å². The number of pyridine rings is 1. The number of rotatable bonds is 5. The summed E-state index contributed by atoms with van der Waals surface area (Å²) in [5.74, 6) is 0.796. The van der Waals surface area contributed by atoms with Crippen molar-refractivity contribution in [1.29, 1.82) is 0 Å². The molecule has 16 heavy (non-hydrogen) atoms. The molecular formula is C12H20N2O2. The van der Waals surface area contributed by atoms with Crippen molar-refractivity contribution in [3.05, 3.63) is 23.4 Å². The second-order valence-corrected chi connectivity index (χ2v) is 3.98. The zero-order valence-electron chi connectivity index (χ0n) is 10.1. The van der Waals surface area contributed by atoms with Crippen molar-refractivity contribution in [3.63, 3.8) is 0 Å². The van der Waals surface area contributed by atoms with Gasteiger partial charge in [0.1, 0.15) is 5.82 Å². The molecular weight excluding hydrogens is 204 g/mol. The smallest absolute Gasteiger partial charge is 0.129 e. The largest absolute Gasteiger partial charge is 0.394 e. The van der Waals surface area contributed by atoms with Crippen LogP contribution >= 0.6 is 0 Å². The Labute approximate surface area is 96.6 Å². The molecule has 1 unspecified atom stereocenters. The van der Waals surface area contributed by atoms with E-state index in [1.165, 1.54) is 0 Å². The molecule has 0 amide bonds. The second-order valence-electron chi connectivity index (χ2n) is 3.98. The van der Waals surface area contributed by atoms with Crippen molar-refractivity contribution in [1.82, 2.24) is 4.98 Å². The monoisotopic (exact) mass is 224 g/mol. The highest BCUT2D eigenvalue weighted by Crippen LogP contribution is 2.16. The lowest BCUT2D eigenvalue weighted by atomic mass is 10.2. The predicted octanol–water partition coefficient (Wildman–Crippen LogP) is 0.953. The van der Waals surface area contributed by atoms with Gasteiger partial charge in [0.2, 0.25) is 0 Å². The molecule has 2 N–H and O–H groups in total. The highest BCUT2D eigenvalue weighted by molar-refractivity contribution is 5.42. The molecule has 0 aliphatic heterocycles. The highest BCUT2D eigenvalue weighted by Gasteiger charge is 2.11. The Morgan fingerprint density at radius 2 is 2.06 bits per heavy atom. The average molecular weight is 224 g/mol. The first-order chi connectivity index (χ1) is 7.62. The molecule has 0 aliphatic carbocycles. The molecule has 0 aliphatic rings. The van der Waals surface area contributed by atoms with E-state index in [4.69, 9.17) is 10.2 Å². The number of aryl methyl sites for hydroxylation is 1.